The summed E-state index contributed by atoms with van der Waals surface area (Å²) in [4.78, 5) is 12.4. The van der Waals surface area contributed by atoms with Gasteiger partial charge in [-0.2, -0.15) is 0 Å². The number of hydrogen-bond donors (Lipinski definition) is 2. The van der Waals surface area contributed by atoms with E-state index in [4.69, 9.17) is 4.74 Å². The van der Waals surface area contributed by atoms with Gasteiger partial charge in [-0.3, -0.25) is 4.79 Å². The summed E-state index contributed by atoms with van der Waals surface area (Å²) in [5, 5.41) is 6.19. The Morgan fingerprint density at radius 3 is 2.92 bits per heavy atom. The lowest BCUT2D eigenvalue weighted by Gasteiger charge is -2.39. The lowest BCUT2D eigenvalue weighted by atomic mass is 9.82. The maximum atomic E-state index is 12.4. The zero-order valence-electron chi connectivity index (χ0n) is 14.1. The van der Waals surface area contributed by atoms with E-state index in [1.54, 1.807) is 6.07 Å². The second-order valence-electron chi connectivity index (χ2n) is 6.39. The number of carbonyl (C=O) groups is 1. The normalized spacial score (nSPS) is 25.6. The average Bonchev–Trinajstić information content (AvgIpc) is 2.58. The van der Waals surface area contributed by atoms with Gasteiger partial charge in [0.2, 0.25) is 5.91 Å². The fraction of sp³-hybridized carbons (Fsp3) is 0.588. The van der Waals surface area contributed by atoms with Crippen LogP contribution in [0, 0.1) is 5.92 Å². The van der Waals surface area contributed by atoms with E-state index in [0.29, 0.717) is 18.6 Å². The number of alkyl halides is 3. The van der Waals surface area contributed by atoms with Gasteiger partial charge in [0.05, 0.1) is 12.7 Å². The van der Waals surface area contributed by atoms with Crippen LogP contribution in [0.2, 0.25) is 0 Å². The lowest BCUT2D eigenvalue weighted by Crippen LogP contribution is -2.53. The molecule has 3 rings (SSSR count). The Morgan fingerprint density at radius 2 is 2.15 bits per heavy atom. The van der Waals surface area contributed by atoms with Crippen molar-refractivity contribution in [3.8, 4) is 5.75 Å². The van der Waals surface area contributed by atoms with Crippen LogP contribution in [0.5, 0.6) is 5.75 Å². The van der Waals surface area contributed by atoms with Crippen molar-refractivity contribution in [1.29, 1.82) is 0 Å². The maximum Gasteiger partial charge on any atom is 0.573 e. The van der Waals surface area contributed by atoms with E-state index in [2.05, 4.69) is 15.4 Å². The molecule has 5 nitrogen and oxygen atoms in total. The number of amides is 1. The number of benzene rings is 1. The van der Waals surface area contributed by atoms with E-state index in [1.165, 1.54) is 18.2 Å². The van der Waals surface area contributed by atoms with Gasteiger partial charge in [0.1, 0.15) is 5.75 Å². The van der Waals surface area contributed by atoms with Crippen LogP contribution >= 0.6 is 12.4 Å². The molecule has 1 saturated carbocycles. The fourth-order valence-electron chi connectivity index (χ4n) is 3.44. The summed E-state index contributed by atoms with van der Waals surface area (Å²) in [6.07, 6.45) is -2.24. The molecule has 2 fully saturated rings. The first-order valence-corrected chi connectivity index (χ1v) is 8.38. The third-order valence-corrected chi connectivity index (χ3v) is 4.60. The molecule has 0 aromatic heterocycles. The summed E-state index contributed by atoms with van der Waals surface area (Å²) in [5.41, 5.74) is 0.558. The van der Waals surface area contributed by atoms with Crippen molar-refractivity contribution in [2.24, 2.45) is 5.92 Å². The van der Waals surface area contributed by atoms with Gasteiger partial charge < -0.3 is 20.1 Å². The standard InChI is InChI=1S/C17H21F3N2O3.ClH/c18-17(19,20)25-13-3-1-2-11(8-13)10-22-16(23)12-4-5-15-14(9-12)21-6-7-24-15;/h1-3,8,12,14-15,21H,4-7,9-10H2,(H,22,23);1H/t12-,14+,15+;/m0./s1. The Balaban J connectivity index is 0.00000243. The molecule has 0 unspecified atom stereocenters. The van der Waals surface area contributed by atoms with Crippen molar-refractivity contribution in [3.63, 3.8) is 0 Å². The van der Waals surface area contributed by atoms with Gasteiger partial charge in [-0.05, 0) is 37.0 Å². The highest BCUT2D eigenvalue weighted by atomic mass is 35.5. The summed E-state index contributed by atoms with van der Waals surface area (Å²) in [6.45, 7) is 1.66. The zero-order chi connectivity index (χ0) is 17.9. The van der Waals surface area contributed by atoms with E-state index in [1.807, 2.05) is 0 Å². The van der Waals surface area contributed by atoms with Crippen LogP contribution in [-0.2, 0) is 16.1 Å². The van der Waals surface area contributed by atoms with Crippen molar-refractivity contribution in [1.82, 2.24) is 10.6 Å². The second-order valence-corrected chi connectivity index (χ2v) is 6.39. The van der Waals surface area contributed by atoms with Crippen LogP contribution < -0.4 is 15.4 Å². The monoisotopic (exact) mass is 394 g/mol. The molecule has 1 heterocycles. The minimum atomic E-state index is -4.73. The first-order chi connectivity index (χ1) is 11.9. The van der Waals surface area contributed by atoms with E-state index in [-0.39, 0.29) is 48.7 Å². The molecule has 1 aromatic carbocycles. The lowest BCUT2D eigenvalue weighted by molar-refractivity contribution is -0.274. The predicted octanol–water partition coefficient (Wildman–Crippen LogP) is 2.78. The van der Waals surface area contributed by atoms with Gasteiger partial charge in [-0.1, -0.05) is 12.1 Å². The number of halogens is 4. The van der Waals surface area contributed by atoms with Crippen LogP contribution in [0.1, 0.15) is 24.8 Å². The summed E-state index contributed by atoms with van der Waals surface area (Å²) < 4.78 is 46.4. The molecule has 1 aliphatic heterocycles. The van der Waals surface area contributed by atoms with Gasteiger partial charge in [-0.15, -0.1) is 25.6 Å². The molecule has 2 aliphatic rings. The molecule has 0 radical (unpaired) electrons. The van der Waals surface area contributed by atoms with Gasteiger partial charge in [0.25, 0.3) is 0 Å². The quantitative estimate of drug-likeness (QED) is 0.824. The smallest absolute Gasteiger partial charge is 0.406 e. The van der Waals surface area contributed by atoms with Crippen molar-refractivity contribution in [2.75, 3.05) is 13.2 Å². The Bertz CT molecular complexity index is 615. The van der Waals surface area contributed by atoms with Gasteiger partial charge in [0.15, 0.2) is 0 Å². The Morgan fingerprint density at radius 1 is 1.35 bits per heavy atom. The molecule has 26 heavy (non-hydrogen) atoms. The van der Waals surface area contributed by atoms with Crippen molar-refractivity contribution in [2.45, 2.75) is 44.3 Å². The number of fused-ring (bicyclic) bond motifs is 1. The van der Waals surface area contributed by atoms with Crippen molar-refractivity contribution >= 4 is 18.3 Å². The zero-order valence-corrected chi connectivity index (χ0v) is 14.9. The largest absolute Gasteiger partial charge is 0.573 e. The van der Waals surface area contributed by atoms with Crippen LogP contribution in [0.3, 0.4) is 0 Å². The number of carbonyl (C=O) groups excluding carboxylic acids is 1. The van der Waals surface area contributed by atoms with E-state index >= 15 is 0 Å². The van der Waals surface area contributed by atoms with Crippen LogP contribution in [0.25, 0.3) is 0 Å². The SMILES string of the molecule is Cl.O=C(NCc1cccc(OC(F)(F)F)c1)[C@H]1CC[C@H]2OCCN[C@@H]2C1. The van der Waals surface area contributed by atoms with E-state index in [9.17, 15) is 18.0 Å². The highest BCUT2D eigenvalue weighted by Crippen LogP contribution is 2.28. The number of hydrogen-bond acceptors (Lipinski definition) is 4. The third kappa shape index (κ3) is 5.75. The maximum absolute atomic E-state index is 12.4. The third-order valence-electron chi connectivity index (χ3n) is 4.60. The van der Waals surface area contributed by atoms with Crippen LogP contribution in [-0.4, -0.2) is 37.6 Å². The Hall–Kier alpha value is -1.51. The molecule has 1 saturated heterocycles. The first-order valence-electron chi connectivity index (χ1n) is 8.38. The molecular formula is C17H22ClF3N2O3. The van der Waals surface area contributed by atoms with Gasteiger partial charge >= 0.3 is 6.36 Å². The fourth-order valence-corrected chi connectivity index (χ4v) is 3.44. The van der Waals surface area contributed by atoms with Crippen LogP contribution in [0.15, 0.2) is 24.3 Å². The second kappa shape index (κ2) is 8.92. The molecule has 0 bridgehead atoms. The number of morpholine rings is 1. The molecule has 3 atom stereocenters. The van der Waals surface area contributed by atoms with Crippen molar-refractivity contribution in [3.05, 3.63) is 29.8 Å². The summed E-state index contributed by atoms with van der Waals surface area (Å²) in [7, 11) is 0. The van der Waals surface area contributed by atoms with E-state index in [0.717, 1.165) is 19.4 Å². The number of nitrogens with one attached hydrogen (secondary N) is 2. The topological polar surface area (TPSA) is 59.6 Å². The average molecular weight is 395 g/mol. The summed E-state index contributed by atoms with van der Waals surface area (Å²) in [5.74, 6) is -0.471. The minimum Gasteiger partial charge on any atom is -0.406 e. The molecule has 1 amide bonds. The predicted molar refractivity (Wildman–Crippen MR) is 91.1 cm³/mol. The molecule has 2 N–H and O–H groups in total. The highest BCUT2D eigenvalue weighted by Gasteiger charge is 2.35. The van der Waals surface area contributed by atoms with Crippen molar-refractivity contribution < 1.29 is 27.4 Å². The highest BCUT2D eigenvalue weighted by molar-refractivity contribution is 5.85. The Labute approximate surface area is 156 Å². The van der Waals surface area contributed by atoms with E-state index < -0.39 is 6.36 Å². The molecule has 1 aromatic rings. The number of rotatable bonds is 4. The first kappa shape index (κ1) is 20.8. The van der Waals surface area contributed by atoms with Gasteiger partial charge in [-0.25, -0.2) is 0 Å². The number of ether oxygens (including phenoxy) is 2. The summed E-state index contributed by atoms with van der Waals surface area (Å²) >= 11 is 0. The molecule has 0 spiro atoms. The van der Waals surface area contributed by atoms with Crippen LogP contribution in [0.4, 0.5) is 13.2 Å². The molecule has 1 aliphatic carbocycles. The van der Waals surface area contributed by atoms with Gasteiger partial charge in [0, 0.05) is 25.0 Å². The Kier molecular flexibility index (Phi) is 7.14. The molecular weight excluding hydrogens is 373 g/mol. The molecule has 9 heteroatoms. The summed E-state index contributed by atoms with van der Waals surface area (Å²) in [6, 6.07) is 5.83. The minimum absolute atomic E-state index is 0. The molecule has 146 valence electrons.